The van der Waals surface area contributed by atoms with E-state index in [1.165, 1.54) is 5.56 Å². The average Bonchev–Trinajstić information content (AvgIpc) is 2.53. The van der Waals surface area contributed by atoms with Gasteiger partial charge in [0.1, 0.15) is 5.78 Å². The average molecular weight is 402 g/mol. The van der Waals surface area contributed by atoms with E-state index in [9.17, 15) is 9.59 Å². The Morgan fingerprint density at radius 3 is 2.05 bits per heavy atom. The number of halogens is 2. The Morgan fingerprint density at radius 2 is 1.55 bits per heavy atom. The predicted molar refractivity (Wildman–Crippen MR) is 88.1 cm³/mol. The highest BCUT2D eigenvalue weighted by Gasteiger charge is 2.26. The van der Waals surface area contributed by atoms with E-state index in [0.717, 1.165) is 31.2 Å². The van der Waals surface area contributed by atoms with Crippen LogP contribution >= 0.6 is 31.9 Å². The van der Waals surface area contributed by atoms with E-state index in [1.54, 1.807) is 0 Å². The number of carbonyl (C=O) groups excluding carboxylic acids is 2. The van der Waals surface area contributed by atoms with Gasteiger partial charge in [-0.05, 0) is 37.2 Å². The van der Waals surface area contributed by atoms with Crippen molar-refractivity contribution >= 4 is 43.4 Å². The Balaban J connectivity index is 1.97. The third-order valence-corrected chi connectivity index (χ3v) is 5.20. The molecule has 0 aliphatic heterocycles. The lowest BCUT2D eigenvalue weighted by molar-refractivity contribution is -0.121. The molecule has 1 fully saturated rings. The van der Waals surface area contributed by atoms with Gasteiger partial charge < -0.3 is 0 Å². The number of hydrogen-bond donors (Lipinski definition) is 0. The maximum atomic E-state index is 11.7. The number of rotatable bonds is 5. The molecule has 0 spiro atoms. The van der Waals surface area contributed by atoms with Gasteiger partial charge in [0.25, 0.3) is 0 Å². The molecule has 0 radical (unpaired) electrons. The molecule has 0 bridgehead atoms. The highest BCUT2D eigenvalue weighted by Crippen LogP contribution is 2.36. The molecule has 20 heavy (non-hydrogen) atoms. The second-order valence-corrected chi connectivity index (χ2v) is 6.45. The molecule has 0 amide bonds. The molecular weight excluding hydrogens is 384 g/mol. The maximum absolute atomic E-state index is 11.7. The summed E-state index contributed by atoms with van der Waals surface area (Å²) in [5, 5.41) is 0.845. The Morgan fingerprint density at radius 1 is 0.950 bits per heavy atom. The van der Waals surface area contributed by atoms with Gasteiger partial charge in [-0.3, -0.25) is 9.59 Å². The Bertz CT molecular complexity index is 474. The summed E-state index contributed by atoms with van der Waals surface area (Å²) in [5.74, 6) is 1.22. The zero-order chi connectivity index (χ0) is 14.5. The van der Waals surface area contributed by atoms with Gasteiger partial charge in [0.15, 0.2) is 5.78 Å². The fourth-order valence-corrected chi connectivity index (χ4v) is 3.66. The van der Waals surface area contributed by atoms with E-state index in [1.807, 2.05) is 12.1 Å². The van der Waals surface area contributed by atoms with E-state index in [0.29, 0.717) is 22.4 Å². The monoisotopic (exact) mass is 400 g/mol. The van der Waals surface area contributed by atoms with E-state index in [2.05, 4.69) is 44.0 Å². The minimum atomic E-state index is 0.114. The SMILES string of the molecule is O=C(CBr)c1ccc(C2CCC(C(=O)CBr)CC2)cc1. The zero-order valence-electron chi connectivity index (χ0n) is 11.3. The van der Waals surface area contributed by atoms with Gasteiger partial charge in [0.2, 0.25) is 0 Å². The van der Waals surface area contributed by atoms with Crippen LogP contribution in [0.1, 0.15) is 47.5 Å². The molecule has 0 aromatic heterocycles. The molecule has 108 valence electrons. The highest BCUT2D eigenvalue weighted by molar-refractivity contribution is 9.09. The molecular formula is C16H18Br2O2. The minimum absolute atomic E-state index is 0.114. The number of alkyl halides is 2. The smallest absolute Gasteiger partial charge is 0.173 e. The van der Waals surface area contributed by atoms with Crippen LogP contribution in [0, 0.1) is 5.92 Å². The summed E-state index contributed by atoms with van der Waals surface area (Å²) in [6.07, 6.45) is 4.10. The molecule has 1 aromatic rings. The zero-order valence-corrected chi connectivity index (χ0v) is 14.5. The summed E-state index contributed by atoms with van der Waals surface area (Å²) in [4.78, 5) is 23.2. The molecule has 0 atom stereocenters. The molecule has 2 rings (SSSR count). The fourth-order valence-electron chi connectivity index (χ4n) is 2.88. The molecule has 2 nitrogen and oxygen atoms in total. The quantitative estimate of drug-likeness (QED) is 0.537. The number of benzene rings is 1. The van der Waals surface area contributed by atoms with Gasteiger partial charge in [-0.1, -0.05) is 56.1 Å². The topological polar surface area (TPSA) is 34.1 Å². The summed E-state index contributed by atoms with van der Waals surface area (Å²) in [7, 11) is 0. The van der Waals surface area contributed by atoms with Crippen molar-refractivity contribution in [3.63, 3.8) is 0 Å². The maximum Gasteiger partial charge on any atom is 0.173 e. The van der Waals surface area contributed by atoms with E-state index < -0.39 is 0 Å². The Labute approximate surface area is 136 Å². The van der Waals surface area contributed by atoms with Crippen molar-refractivity contribution in [3.05, 3.63) is 35.4 Å². The number of carbonyl (C=O) groups is 2. The lowest BCUT2D eigenvalue weighted by atomic mass is 9.77. The first-order valence-corrected chi connectivity index (χ1v) is 9.17. The molecule has 1 aromatic carbocycles. The van der Waals surface area contributed by atoms with Crippen LogP contribution in [0.4, 0.5) is 0 Å². The fraction of sp³-hybridized carbons (Fsp3) is 0.500. The molecule has 4 heteroatoms. The van der Waals surface area contributed by atoms with Gasteiger partial charge in [0.05, 0.1) is 10.7 Å². The third-order valence-electron chi connectivity index (χ3n) is 4.14. The lowest BCUT2D eigenvalue weighted by Gasteiger charge is -2.27. The largest absolute Gasteiger partial charge is 0.298 e. The first-order valence-electron chi connectivity index (χ1n) is 6.93. The van der Waals surface area contributed by atoms with Crippen molar-refractivity contribution < 1.29 is 9.59 Å². The van der Waals surface area contributed by atoms with Crippen molar-refractivity contribution in [1.29, 1.82) is 0 Å². The van der Waals surface area contributed by atoms with Crippen LogP contribution in [-0.4, -0.2) is 22.2 Å². The predicted octanol–water partition coefficient (Wildman–Crippen LogP) is 4.50. The van der Waals surface area contributed by atoms with Crippen LogP contribution in [-0.2, 0) is 4.79 Å². The minimum Gasteiger partial charge on any atom is -0.298 e. The summed E-state index contributed by atoms with van der Waals surface area (Å²) in [6.45, 7) is 0. The van der Waals surface area contributed by atoms with Crippen LogP contribution in [0.5, 0.6) is 0 Å². The van der Waals surface area contributed by atoms with E-state index in [4.69, 9.17) is 0 Å². The third kappa shape index (κ3) is 3.79. The molecule has 0 N–H and O–H groups in total. The second-order valence-electron chi connectivity index (χ2n) is 5.33. The summed E-state index contributed by atoms with van der Waals surface area (Å²) >= 11 is 6.44. The Hall–Kier alpha value is -0.480. The van der Waals surface area contributed by atoms with Gasteiger partial charge in [-0.25, -0.2) is 0 Å². The number of Topliss-reactive ketones (excluding diaryl/α,β-unsaturated/α-hetero) is 2. The summed E-state index contributed by atoms with van der Waals surface area (Å²) in [5.41, 5.74) is 2.05. The van der Waals surface area contributed by atoms with Gasteiger partial charge >= 0.3 is 0 Å². The van der Waals surface area contributed by atoms with E-state index >= 15 is 0 Å². The second kappa shape index (κ2) is 7.51. The lowest BCUT2D eigenvalue weighted by Crippen LogP contribution is -2.21. The van der Waals surface area contributed by atoms with Crippen molar-refractivity contribution in [2.24, 2.45) is 5.92 Å². The standard InChI is InChI=1S/C16H18Br2O2/c17-9-15(19)13-5-1-11(2-6-13)12-3-7-14(8-4-12)16(20)10-18/h1-2,5-6,12,14H,3-4,7-10H2. The van der Waals surface area contributed by atoms with E-state index in [-0.39, 0.29) is 11.7 Å². The molecule has 1 saturated carbocycles. The first kappa shape index (κ1) is 15.9. The van der Waals surface area contributed by atoms with Crippen LogP contribution in [0.3, 0.4) is 0 Å². The molecule has 1 aliphatic carbocycles. The summed E-state index contributed by atoms with van der Waals surface area (Å²) in [6, 6.07) is 7.95. The van der Waals surface area contributed by atoms with Crippen LogP contribution < -0.4 is 0 Å². The van der Waals surface area contributed by atoms with Crippen LogP contribution in [0.2, 0.25) is 0 Å². The normalized spacial score (nSPS) is 22.5. The van der Waals surface area contributed by atoms with Crippen LogP contribution in [0.25, 0.3) is 0 Å². The molecule has 0 saturated heterocycles. The molecule has 0 heterocycles. The summed E-state index contributed by atoms with van der Waals surface area (Å²) < 4.78 is 0. The number of hydrogen-bond acceptors (Lipinski definition) is 2. The number of ketones is 2. The molecule has 1 aliphatic rings. The van der Waals surface area contributed by atoms with Gasteiger partial charge in [0, 0.05) is 11.5 Å². The van der Waals surface area contributed by atoms with Gasteiger partial charge in [-0.2, -0.15) is 0 Å². The first-order chi connectivity index (χ1) is 9.65. The Kier molecular flexibility index (Phi) is 5.97. The van der Waals surface area contributed by atoms with Crippen molar-refractivity contribution in [3.8, 4) is 0 Å². The highest BCUT2D eigenvalue weighted by atomic mass is 79.9. The molecule has 0 unspecified atom stereocenters. The van der Waals surface area contributed by atoms with Crippen molar-refractivity contribution in [2.45, 2.75) is 31.6 Å². The van der Waals surface area contributed by atoms with Crippen molar-refractivity contribution in [1.82, 2.24) is 0 Å². The van der Waals surface area contributed by atoms with Crippen molar-refractivity contribution in [2.75, 3.05) is 10.7 Å². The van der Waals surface area contributed by atoms with Crippen LogP contribution in [0.15, 0.2) is 24.3 Å². The van der Waals surface area contributed by atoms with Gasteiger partial charge in [-0.15, -0.1) is 0 Å².